The first-order chi connectivity index (χ1) is 23.9. The molecule has 0 N–H and O–H groups in total. The average molecular weight is 497 g/mol. The summed E-state index contributed by atoms with van der Waals surface area (Å²) in [7, 11) is 0. The highest BCUT2D eigenvalue weighted by molar-refractivity contribution is 6.12. The van der Waals surface area contributed by atoms with Crippen LogP contribution in [0, 0.1) is 0 Å². The fourth-order valence-corrected chi connectivity index (χ4v) is 5.23. The Morgan fingerprint density at radius 2 is 1.08 bits per heavy atom. The van der Waals surface area contributed by atoms with Crippen molar-refractivity contribution in [3.8, 4) is 22.5 Å². The lowest BCUT2D eigenvalue weighted by Gasteiger charge is -2.12. The van der Waals surface area contributed by atoms with Gasteiger partial charge >= 0.3 is 0 Å². The highest BCUT2D eigenvalue weighted by atomic mass is 15.0. The second kappa shape index (κ2) is 8.22. The first kappa shape index (κ1) is 12.4. The van der Waals surface area contributed by atoms with E-state index in [0.29, 0.717) is 11.0 Å². The topological polar surface area (TPSA) is 9.86 Å². The molecule has 0 aliphatic carbocycles. The molecule has 0 radical (unpaired) electrons. The van der Waals surface area contributed by atoms with E-state index < -0.39 is 54.4 Å². The molecule has 2 nitrogen and oxygen atoms in total. The Bertz CT molecular complexity index is 2720. The van der Waals surface area contributed by atoms with Gasteiger partial charge < -0.3 is 9.13 Å². The van der Waals surface area contributed by atoms with Crippen molar-refractivity contribution in [2.24, 2.45) is 0 Å². The summed E-state index contributed by atoms with van der Waals surface area (Å²) in [4.78, 5) is 0. The molecule has 38 heavy (non-hydrogen) atoms. The molecule has 0 unspecified atom stereocenters. The Morgan fingerprint density at radius 1 is 0.421 bits per heavy atom. The molecule has 6 aromatic carbocycles. The van der Waals surface area contributed by atoms with E-state index >= 15 is 0 Å². The van der Waals surface area contributed by atoms with Crippen LogP contribution in [-0.4, -0.2) is 9.13 Å². The Morgan fingerprint density at radius 3 is 1.87 bits per heavy atom. The second-order valence-corrected chi connectivity index (χ2v) is 8.93. The van der Waals surface area contributed by atoms with Crippen molar-refractivity contribution in [2.75, 3.05) is 0 Å². The number of fused-ring (bicyclic) bond motifs is 6. The summed E-state index contributed by atoms with van der Waals surface area (Å²) in [5, 5.41) is 1.72. The maximum atomic E-state index is 9.75. The fraction of sp³-hybridized carbons (Fsp3) is 0. The third-order valence-electron chi connectivity index (χ3n) is 6.84. The van der Waals surface area contributed by atoms with Crippen molar-refractivity contribution in [2.45, 2.75) is 0 Å². The Balaban J connectivity index is 1.57. The molecular formula is C36H24N2. The minimum absolute atomic E-state index is 0.000251. The average Bonchev–Trinajstić information content (AvgIpc) is 3.65. The third kappa shape index (κ3) is 3.07. The first-order valence-electron chi connectivity index (χ1n) is 18.1. The lowest BCUT2D eigenvalue weighted by molar-refractivity contribution is 1.15. The molecule has 0 saturated heterocycles. The zero-order valence-electron chi connectivity index (χ0n) is 31.8. The molecule has 0 aliphatic heterocycles. The predicted molar refractivity (Wildman–Crippen MR) is 161 cm³/mol. The number of aromatic nitrogens is 2. The van der Waals surface area contributed by atoms with Crippen LogP contribution in [0.25, 0.3) is 66.1 Å². The van der Waals surface area contributed by atoms with Crippen molar-refractivity contribution in [3.05, 3.63) is 145 Å². The molecule has 2 aromatic heterocycles. The van der Waals surface area contributed by atoms with Crippen LogP contribution in [0.3, 0.4) is 0 Å². The van der Waals surface area contributed by atoms with Gasteiger partial charge in [-0.25, -0.2) is 0 Å². The third-order valence-corrected chi connectivity index (χ3v) is 6.84. The van der Waals surface area contributed by atoms with Crippen LogP contribution in [0.15, 0.2) is 145 Å². The summed E-state index contributed by atoms with van der Waals surface area (Å²) < 4.78 is 108. The molecule has 2 heterocycles. The van der Waals surface area contributed by atoms with E-state index in [1.165, 1.54) is 10.6 Å². The molecule has 0 atom stereocenters. The van der Waals surface area contributed by atoms with Crippen LogP contribution in [0.5, 0.6) is 0 Å². The van der Waals surface area contributed by atoms with Crippen molar-refractivity contribution >= 4 is 43.6 Å². The van der Waals surface area contributed by atoms with Crippen LogP contribution in [0.1, 0.15) is 16.4 Å². The highest BCUT2D eigenvalue weighted by Crippen LogP contribution is 2.37. The first-order valence-corrected chi connectivity index (χ1v) is 12.1. The maximum absolute atomic E-state index is 9.75. The summed E-state index contributed by atoms with van der Waals surface area (Å²) in [6.45, 7) is 0. The SMILES string of the molecule is [2H]c1c([2H])c([2H])c(-c2cccc(-n3c4c([2H])c([2H])c([2H])c([2H])c4c4c([2H])c([2H])c(-n5c6ccccc6c6ccccc65)c([2H])c43)c2)c([2H])c1[2H]. The summed E-state index contributed by atoms with van der Waals surface area (Å²) in [5.74, 6) is 0. The van der Waals surface area contributed by atoms with Gasteiger partial charge in [-0.3, -0.25) is 0 Å². The van der Waals surface area contributed by atoms with E-state index in [2.05, 4.69) is 0 Å². The highest BCUT2D eigenvalue weighted by Gasteiger charge is 2.16. The minimum atomic E-state index is -0.538. The van der Waals surface area contributed by atoms with Gasteiger partial charge in [0.2, 0.25) is 0 Å². The molecule has 0 saturated carbocycles. The van der Waals surface area contributed by atoms with Crippen LogP contribution in [0.4, 0.5) is 0 Å². The second-order valence-electron chi connectivity index (χ2n) is 8.93. The van der Waals surface area contributed by atoms with Gasteiger partial charge in [0.25, 0.3) is 0 Å². The number of hydrogen-bond donors (Lipinski definition) is 0. The Labute approximate surface area is 237 Å². The van der Waals surface area contributed by atoms with Crippen molar-refractivity contribution in [1.29, 1.82) is 0 Å². The molecule has 8 aromatic rings. The van der Waals surface area contributed by atoms with Gasteiger partial charge in [-0.05, 0) is 53.5 Å². The quantitative estimate of drug-likeness (QED) is 0.230. The van der Waals surface area contributed by atoms with E-state index in [1.807, 2.05) is 48.5 Å². The molecule has 0 bridgehead atoms. The van der Waals surface area contributed by atoms with E-state index in [0.717, 1.165) is 10.8 Å². The number of para-hydroxylation sites is 3. The summed E-state index contributed by atoms with van der Waals surface area (Å²) in [6, 6.07) is 16.3. The van der Waals surface area contributed by atoms with E-state index in [9.17, 15) is 4.11 Å². The van der Waals surface area contributed by atoms with Gasteiger partial charge in [-0.15, -0.1) is 0 Å². The Hall–Kier alpha value is -5.08. The molecule has 0 aliphatic rings. The summed E-state index contributed by atoms with van der Waals surface area (Å²) in [5.41, 5.74) is 1.96. The van der Waals surface area contributed by atoms with E-state index in [1.54, 1.807) is 22.8 Å². The number of rotatable bonds is 3. The van der Waals surface area contributed by atoms with Crippen LogP contribution < -0.4 is 0 Å². The normalized spacial score (nSPS) is 16.1. The van der Waals surface area contributed by atoms with Crippen LogP contribution in [0.2, 0.25) is 0 Å². The van der Waals surface area contributed by atoms with Gasteiger partial charge in [0.15, 0.2) is 0 Å². The molecule has 8 rings (SSSR count). The van der Waals surface area contributed by atoms with Crippen molar-refractivity contribution in [3.63, 3.8) is 0 Å². The molecular weight excluding hydrogens is 460 g/mol. The predicted octanol–water partition coefficient (Wildman–Crippen LogP) is 9.55. The zero-order valence-corrected chi connectivity index (χ0v) is 19.8. The zero-order chi connectivity index (χ0) is 35.5. The van der Waals surface area contributed by atoms with Gasteiger partial charge in [0.1, 0.15) is 0 Å². The van der Waals surface area contributed by atoms with Gasteiger partial charge in [0.05, 0.1) is 38.5 Å². The summed E-state index contributed by atoms with van der Waals surface area (Å²) >= 11 is 0. The lowest BCUT2D eigenvalue weighted by atomic mass is 10.1. The van der Waals surface area contributed by atoms with Crippen molar-refractivity contribution in [1.82, 2.24) is 9.13 Å². The minimum Gasteiger partial charge on any atom is -0.309 e. The molecule has 0 fully saturated rings. The smallest absolute Gasteiger partial charge is 0.0667 e. The van der Waals surface area contributed by atoms with E-state index in [4.69, 9.17) is 12.3 Å². The lowest BCUT2D eigenvalue weighted by Crippen LogP contribution is -1.97. The number of benzene rings is 6. The van der Waals surface area contributed by atoms with Gasteiger partial charge in [0, 0.05) is 32.9 Å². The van der Waals surface area contributed by atoms with Gasteiger partial charge in [-0.2, -0.15) is 0 Å². The summed E-state index contributed by atoms with van der Waals surface area (Å²) in [6.07, 6.45) is 0. The number of hydrogen-bond acceptors (Lipinski definition) is 0. The Kier molecular flexibility index (Phi) is 2.69. The molecule has 178 valence electrons. The molecule has 0 amide bonds. The van der Waals surface area contributed by atoms with E-state index in [-0.39, 0.29) is 62.4 Å². The van der Waals surface area contributed by atoms with Crippen LogP contribution >= 0.6 is 0 Å². The number of nitrogens with zero attached hydrogens (tertiary/aromatic N) is 2. The van der Waals surface area contributed by atoms with Crippen molar-refractivity contribution < 1.29 is 16.4 Å². The fourth-order valence-electron chi connectivity index (χ4n) is 5.23. The standard InChI is InChI=1S/C36H24N2/c1-2-11-25(12-3-1)26-13-10-14-27(23-26)38-35-20-9-6-17-31(35)32-22-21-28(24-36(32)38)37-33-18-7-4-15-29(33)30-16-5-8-19-34(30)37/h1-24H/i1D,2D,3D,6D,9D,11D,12D,17D,20D,21D,22D,24D. The molecule has 2 heteroatoms. The molecule has 0 spiro atoms. The largest absolute Gasteiger partial charge is 0.309 e. The van der Waals surface area contributed by atoms with Gasteiger partial charge in [-0.1, -0.05) is 103 Å². The van der Waals surface area contributed by atoms with Crippen LogP contribution in [-0.2, 0) is 0 Å². The maximum Gasteiger partial charge on any atom is 0.0667 e. The monoisotopic (exact) mass is 496 g/mol.